The van der Waals surface area contributed by atoms with E-state index < -0.39 is 5.60 Å². The van der Waals surface area contributed by atoms with Gasteiger partial charge in [-0.15, -0.1) is 0 Å². The van der Waals surface area contributed by atoms with Gasteiger partial charge in [0.15, 0.2) is 0 Å². The number of nitrogens with zero attached hydrogens (tertiary/aromatic N) is 3. The zero-order valence-electron chi connectivity index (χ0n) is 14.8. The van der Waals surface area contributed by atoms with E-state index in [0.29, 0.717) is 25.0 Å². The first kappa shape index (κ1) is 17.5. The summed E-state index contributed by atoms with van der Waals surface area (Å²) in [6.45, 7) is 11.3. The van der Waals surface area contributed by atoms with Gasteiger partial charge in [0.2, 0.25) is 0 Å². The van der Waals surface area contributed by atoms with Crippen molar-refractivity contribution in [3.05, 3.63) is 18.1 Å². The first-order valence-electron chi connectivity index (χ1n) is 8.31. The molecule has 128 valence electrons. The minimum Gasteiger partial charge on any atom is -0.444 e. The summed E-state index contributed by atoms with van der Waals surface area (Å²) < 4.78 is 5.41. The van der Waals surface area contributed by atoms with Crippen LogP contribution in [0.3, 0.4) is 0 Å². The molecule has 6 nitrogen and oxygen atoms in total. The Balaban J connectivity index is 1.81. The summed E-state index contributed by atoms with van der Waals surface area (Å²) in [5.74, 6) is 1.18. The molecule has 0 spiro atoms. The summed E-state index contributed by atoms with van der Waals surface area (Å²) in [6, 6.07) is 0.313. The predicted molar refractivity (Wildman–Crippen MR) is 90.6 cm³/mol. The van der Waals surface area contributed by atoms with Crippen molar-refractivity contribution in [1.82, 2.24) is 14.9 Å². The summed E-state index contributed by atoms with van der Waals surface area (Å²) in [6.07, 6.45) is 5.15. The number of piperidine rings is 1. The summed E-state index contributed by atoms with van der Waals surface area (Å²) in [4.78, 5) is 22.7. The average Bonchev–Trinajstić information content (AvgIpc) is 2.46. The van der Waals surface area contributed by atoms with Crippen LogP contribution < -0.4 is 5.32 Å². The second-order valence-electron chi connectivity index (χ2n) is 7.37. The molecule has 1 saturated heterocycles. The third-order valence-corrected chi connectivity index (χ3v) is 3.76. The lowest BCUT2D eigenvalue weighted by molar-refractivity contribution is 0.0210. The lowest BCUT2D eigenvalue weighted by Crippen LogP contribution is -2.44. The molecule has 1 N–H and O–H groups in total. The van der Waals surface area contributed by atoms with E-state index in [1.54, 1.807) is 11.1 Å². The Morgan fingerprint density at radius 1 is 1.26 bits per heavy atom. The summed E-state index contributed by atoms with van der Waals surface area (Å²) >= 11 is 0. The van der Waals surface area contributed by atoms with Gasteiger partial charge < -0.3 is 15.0 Å². The second-order valence-corrected chi connectivity index (χ2v) is 7.37. The lowest BCUT2D eigenvalue weighted by Gasteiger charge is -2.33. The average molecular weight is 320 g/mol. The van der Waals surface area contributed by atoms with Crippen LogP contribution >= 0.6 is 0 Å². The van der Waals surface area contributed by atoms with E-state index in [4.69, 9.17) is 4.74 Å². The van der Waals surface area contributed by atoms with Crippen LogP contribution in [-0.2, 0) is 4.74 Å². The van der Waals surface area contributed by atoms with E-state index in [-0.39, 0.29) is 6.09 Å². The third kappa shape index (κ3) is 5.37. The maximum atomic E-state index is 12.0. The molecule has 1 aliphatic rings. The van der Waals surface area contributed by atoms with Crippen LogP contribution in [0.2, 0.25) is 0 Å². The van der Waals surface area contributed by atoms with Crippen LogP contribution in [0.5, 0.6) is 0 Å². The van der Waals surface area contributed by atoms with Crippen LogP contribution in [0.1, 0.15) is 59.1 Å². The van der Waals surface area contributed by atoms with Crippen LogP contribution in [0, 0.1) is 0 Å². The first-order valence-corrected chi connectivity index (χ1v) is 8.31. The lowest BCUT2D eigenvalue weighted by atomic mass is 10.1. The molecule has 0 aromatic carbocycles. The molecular weight excluding hydrogens is 292 g/mol. The highest BCUT2D eigenvalue weighted by Gasteiger charge is 2.26. The fourth-order valence-corrected chi connectivity index (χ4v) is 2.45. The quantitative estimate of drug-likeness (QED) is 0.924. The second kappa shape index (κ2) is 7.15. The van der Waals surface area contributed by atoms with Gasteiger partial charge >= 0.3 is 6.09 Å². The molecule has 1 fully saturated rings. The number of carbonyl (C=O) groups excluding carboxylic acids is 1. The van der Waals surface area contributed by atoms with Crippen molar-refractivity contribution in [3.63, 3.8) is 0 Å². The highest BCUT2D eigenvalue weighted by Crippen LogP contribution is 2.18. The molecule has 2 heterocycles. The molecule has 0 unspecified atom stereocenters. The number of hydrogen-bond donors (Lipinski definition) is 1. The van der Waals surface area contributed by atoms with Gasteiger partial charge in [-0.25, -0.2) is 9.78 Å². The molecule has 23 heavy (non-hydrogen) atoms. The first-order chi connectivity index (χ1) is 10.7. The van der Waals surface area contributed by atoms with E-state index in [1.807, 2.05) is 27.0 Å². The van der Waals surface area contributed by atoms with Crippen molar-refractivity contribution in [2.45, 2.75) is 65.0 Å². The fraction of sp³-hybridized carbons (Fsp3) is 0.706. The Kier molecular flexibility index (Phi) is 5.44. The smallest absolute Gasteiger partial charge is 0.410 e. The van der Waals surface area contributed by atoms with Crippen molar-refractivity contribution >= 4 is 11.9 Å². The Morgan fingerprint density at radius 2 is 1.91 bits per heavy atom. The van der Waals surface area contributed by atoms with Gasteiger partial charge in [0.05, 0.1) is 18.1 Å². The zero-order chi connectivity index (χ0) is 17.0. The van der Waals surface area contributed by atoms with Gasteiger partial charge in [-0.2, -0.15) is 0 Å². The Bertz CT molecular complexity index is 514. The van der Waals surface area contributed by atoms with Gasteiger partial charge in [0, 0.05) is 19.1 Å². The van der Waals surface area contributed by atoms with E-state index in [1.165, 1.54) is 0 Å². The topological polar surface area (TPSA) is 67.4 Å². The molecule has 6 heteroatoms. The number of nitrogens with one attached hydrogen (secondary N) is 1. The zero-order valence-corrected chi connectivity index (χ0v) is 14.8. The van der Waals surface area contributed by atoms with Crippen LogP contribution in [0.4, 0.5) is 10.6 Å². The number of rotatable bonds is 3. The largest absolute Gasteiger partial charge is 0.444 e. The number of amides is 1. The minimum absolute atomic E-state index is 0.225. The molecule has 1 aromatic heterocycles. The number of aromatic nitrogens is 2. The normalized spacial score (nSPS) is 16.5. The SMILES string of the molecule is CC(C)c1cnc(NC2CCN(C(=O)OC(C)(C)C)CC2)cn1. The molecule has 1 amide bonds. The molecule has 0 radical (unpaired) electrons. The number of likely N-dealkylation sites (tertiary alicyclic amines) is 1. The highest BCUT2D eigenvalue weighted by atomic mass is 16.6. The van der Waals surface area contributed by atoms with Gasteiger partial charge in [0.1, 0.15) is 11.4 Å². The third-order valence-electron chi connectivity index (χ3n) is 3.76. The molecule has 0 saturated carbocycles. The Hall–Kier alpha value is -1.85. The summed E-state index contributed by atoms with van der Waals surface area (Å²) in [7, 11) is 0. The van der Waals surface area contributed by atoms with Gasteiger partial charge in [-0.05, 0) is 39.5 Å². The highest BCUT2D eigenvalue weighted by molar-refractivity contribution is 5.68. The van der Waals surface area contributed by atoms with Crippen LogP contribution in [0.25, 0.3) is 0 Å². The molecule has 0 bridgehead atoms. The standard InChI is InChI=1S/C17H28N4O2/c1-12(2)14-10-19-15(11-18-14)20-13-6-8-21(9-7-13)16(22)23-17(3,4)5/h10-13H,6-9H2,1-5H3,(H,19,20). The van der Waals surface area contributed by atoms with Gasteiger partial charge in [-0.1, -0.05) is 13.8 Å². The van der Waals surface area contributed by atoms with Crippen LogP contribution in [-0.4, -0.2) is 45.7 Å². The summed E-state index contributed by atoms with van der Waals surface area (Å²) in [5, 5.41) is 3.40. The van der Waals surface area contributed by atoms with Crippen molar-refractivity contribution in [2.75, 3.05) is 18.4 Å². The Morgan fingerprint density at radius 3 is 2.39 bits per heavy atom. The number of hydrogen-bond acceptors (Lipinski definition) is 5. The molecule has 1 aromatic rings. The Labute approximate surface area is 138 Å². The van der Waals surface area contributed by atoms with E-state index in [2.05, 4.69) is 29.1 Å². The van der Waals surface area contributed by atoms with Crippen molar-refractivity contribution in [1.29, 1.82) is 0 Å². The predicted octanol–water partition coefficient (Wildman–Crippen LogP) is 3.41. The maximum absolute atomic E-state index is 12.0. The molecule has 0 atom stereocenters. The molecular formula is C17H28N4O2. The monoisotopic (exact) mass is 320 g/mol. The van der Waals surface area contributed by atoms with Crippen LogP contribution in [0.15, 0.2) is 12.4 Å². The molecule has 1 aliphatic heterocycles. The van der Waals surface area contributed by atoms with Crippen molar-refractivity contribution in [3.8, 4) is 0 Å². The number of carbonyl (C=O) groups is 1. The molecule has 2 rings (SSSR count). The fourth-order valence-electron chi connectivity index (χ4n) is 2.45. The number of anilines is 1. The maximum Gasteiger partial charge on any atom is 0.410 e. The number of ether oxygens (including phenoxy) is 1. The van der Waals surface area contributed by atoms with E-state index in [9.17, 15) is 4.79 Å². The van der Waals surface area contributed by atoms with Gasteiger partial charge in [-0.3, -0.25) is 4.98 Å². The van der Waals surface area contributed by atoms with Crippen molar-refractivity contribution in [2.24, 2.45) is 0 Å². The molecule has 0 aliphatic carbocycles. The van der Waals surface area contributed by atoms with Gasteiger partial charge in [0.25, 0.3) is 0 Å². The van der Waals surface area contributed by atoms with Crippen molar-refractivity contribution < 1.29 is 9.53 Å². The van der Waals surface area contributed by atoms with E-state index in [0.717, 1.165) is 24.4 Å². The van der Waals surface area contributed by atoms with E-state index >= 15 is 0 Å². The minimum atomic E-state index is -0.445. The summed E-state index contributed by atoms with van der Waals surface area (Å²) in [5.41, 5.74) is 0.551.